The van der Waals surface area contributed by atoms with Crippen LogP contribution in [0.5, 0.6) is 11.5 Å². The Bertz CT molecular complexity index is 1240. The van der Waals surface area contributed by atoms with Crippen molar-refractivity contribution in [3.63, 3.8) is 0 Å². The first-order chi connectivity index (χ1) is 17.0. The first-order valence-corrected chi connectivity index (χ1v) is 11.4. The summed E-state index contributed by atoms with van der Waals surface area (Å²) >= 11 is 0. The van der Waals surface area contributed by atoms with E-state index < -0.39 is 11.6 Å². The van der Waals surface area contributed by atoms with E-state index >= 15 is 8.78 Å². The average Bonchev–Trinajstić information content (AvgIpc) is 3.28. The molecule has 1 aromatic carbocycles. The van der Waals surface area contributed by atoms with Gasteiger partial charge < -0.3 is 23.9 Å². The number of rotatable bonds is 6. The van der Waals surface area contributed by atoms with Gasteiger partial charge in [-0.05, 0) is 13.0 Å². The van der Waals surface area contributed by atoms with Crippen molar-refractivity contribution in [3.8, 4) is 11.5 Å². The molecule has 2 aliphatic rings. The zero-order valence-corrected chi connectivity index (χ0v) is 19.9. The smallest absolute Gasteiger partial charge is 0.297 e. The molecular weight excluding hydrogens is 460 g/mol. The van der Waals surface area contributed by atoms with Crippen LogP contribution in [-0.2, 0) is 22.6 Å². The van der Waals surface area contributed by atoms with Crippen LogP contribution >= 0.6 is 0 Å². The van der Waals surface area contributed by atoms with E-state index in [1.807, 2.05) is 6.07 Å². The molecule has 1 fully saturated rings. The van der Waals surface area contributed by atoms with Crippen molar-refractivity contribution < 1.29 is 27.7 Å². The lowest BCUT2D eigenvalue weighted by Gasteiger charge is -2.30. The maximum atomic E-state index is 15.3. The molecule has 0 bridgehead atoms. The molecule has 35 heavy (non-hydrogen) atoms. The number of fused-ring (bicyclic) bond motifs is 3. The molecule has 1 saturated heterocycles. The Morgan fingerprint density at radius 2 is 1.80 bits per heavy atom. The molecule has 0 spiro atoms. The highest BCUT2D eigenvalue weighted by Gasteiger charge is 2.32. The number of hydrogen-bond donors (Lipinski definition) is 1. The molecule has 1 N–H and O–H groups in total. The maximum absolute atomic E-state index is 15.3. The van der Waals surface area contributed by atoms with Gasteiger partial charge in [-0.1, -0.05) is 0 Å². The highest BCUT2D eigenvalue weighted by Crippen LogP contribution is 2.41. The predicted octanol–water partition coefficient (Wildman–Crippen LogP) is 3.73. The van der Waals surface area contributed by atoms with E-state index in [4.69, 9.17) is 18.9 Å². The van der Waals surface area contributed by atoms with Gasteiger partial charge in [0.15, 0.2) is 23.1 Å². The number of halogens is 2. The third-order valence-corrected chi connectivity index (χ3v) is 6.12. The average molecular weight is 488 g/mol. The molecule has 4 heterocycles. The molecule has 2 aromatic heterocycles. The number of nitrogens with zero attached hydrogens (tertiary/aromatic N) is 4. The number of nitrogens with one attached hydrogen (secondary N) is 1. The Hall–Kier alpha value is -3.44. The van der Waals surface area contributed by atoms with E-state index in [0.717, 1.165) is 30.7 Å². The third kappa shape index (κ3) is 4.25. The van der Waals surface area contributed by atoms with E-state index in [9.17, 15) is 0 Å². The fourth-order valence-electron chi connectivity index (χ4n) is 4.41. The lowest BCUT2D eigenvalue weighted by molar-refractivity contribution is 0.0337. The van der Waals surface area contributed by atoms with Crippen LogP contribution in [0.25, 0.3) is 11.0 Å². The molecular formula is C24H27F2N5O4. The summed E-state index contributed by atoms with van der Waals surface area (Å²) in [6.07, 6.45) is 1.67. The highest BCUT2D eigenvalue weighted by atomic mass is 19.1. The topological polar surface area (TPSA) is 84.4 Å². The highest BCUT2D eigenvalue weighted by molar-refractivity contribution is 6.01. The standard InChI is InChI=1S/C24H27F2N5O4/c1-4-35-24-29-21-14(12-31(24)22-19(25)17(32-2)10-18(33-3)20(22)26)11-27-23-16(21)9-15(28-23)13-30-5-7-34-8-6-30/h9-11H,4-8,12-13H2,1-3H3,(H,27,28). The summed E-state index contributed by atoms with van der Waals surface area (Å²) in [5, 5.41) is 0.826. The van der Waals surface area contributed by atoms with Crippen LogP contribution in [0.1, 0.15) is 18.2 Å². The van der Waals surface area contributed by atoms with E-state index in [2.05, 4.69) is 19.9 Å². The first kappa shape index (κ1) is 23.3. The molecule has 0 aliphatic carbocycles. The van der Waals surface area contributed by atoms with Gasteiger partial charge in [-0.15, -0.1) is 0 Å². The number of methoxy groups -OCH3 is 2. The van der Waals surface area contributed by atoms with Gasteiger partial charge in [0.1, 0.15) is 11.3 Å². The van der Waals surface area contributed by atoms with Gasteiger partial charge >= 0.3 is 0 Å². The first-order valence-electron chi connectivity index (χ1n) is 11.4. The summed E-state index contributed by atoms with van der Waals surface area (Å²) in [6, 6.07) is 3.27. The molecule has 11 heteroatoms. The van der Waals surface area contributed by atoms with Gasteiger partial charge in [-0.2, -0.15) is 4.99 Å². The number of hydrogen-bond acceptors (Lipinski definition) is 8. The normalized spacial score (nSPS) is 16.3. The number of benzene rings is 1. The Morgan fingerprint density at radius 3 is 2.46 bits per heavy atom. The van der Waals surface area contributed by atoms with Gasteiger partial charge in [-0.25, -0.2) is 13.8 Å². The van der Waals surface area contributed by atoms with Crippen molar-refractivity contribution in [2.45, 2.75) is 20.0 Å². The maximum Gasteiger partial charge on any atom is 0.297 e. The molecule has 9 nitrogen and oxygen atoms in total. The second-order valence-corrected chi connectivity index (χ2v) is 8.25. The second-order valence-electron chi connectivity index (χ2n) is 8.25. The molecule has 0 saturated carbocycles. The van der Waals surface area contributed by atoms with Crippen LogP contribution in [0.2, 0.25) is 0 Å². The summed E-state index contributed by atoms with van der Waals surface area (Å²) in [5.74, 6) is -2.03. The number of H-pyrrole nitrogens is 1. The van der Waals surface area contributed by atoms with Gasteiger partial charge in [-0.3, -0.25) is 9.80 Å². The van der Waals surface area contributed by atoms with Gasteiger partial charge in [0.25, 0.3) is 6.02 Å². The zero-order chi connectivity index (χ0) is 24.5. The van der Waals surface area contributed by atoms with Gasteiger partial charge in [0.05, 0.1) is 46.3 Å². The number of amidine groups is 1. The minimum Gasteiger partial charge on any atom is -0.493 e. The number of ether oxygens (including phenoxy) is 4. The zero-order valence-electron chi connectivity index (χ0n) is 19.9. The van der Waals surface area contributed by atoms with Crippen molar-refractivity contribution in [3.05, 3.63) is 41.2 Å². The molecule has 5 rings (SSSR count). The number of aromatic nitrogens is 2. The van der Waals surface area contributed by atoms with Gasteiger partial charge in [0.2, 0.25) is 0 Å². The molecule has 2 aliphatic heterocycles. The van der Waals surface area contributed by atoms with Crippen molar-refractivity contribution in [1.82, 2.24) is 14.9 Å². The van der Waals surface area contributed by atoms with E-state index in [1.54, 1.807) is 13.1 Å². The molecule has 3 aromatic rings. The van der Waals surface area contributed by atoms with E-state index in [1.165, 1.54) is 25.2 Å². The Labute approximate surface area is 201 Å². The molecule has 0 atom stereocenters. The minimum atomic E-state index is -0.870. The van der Waals surface area contributed by atoms with Crippen LogP contribution in [0.3, 0.4) is 0 Å². The van der Waals surface area contributed by atoms with Crippen LogP contribution in [0, 0.1) is 11.6 Å². The van der Waals surface area contributed by atoms with Crippen molar-refractivity contribution in [1.29, 1.82) is 0 Å². The summed E-state index contributed by atoms with van der Waals surface area (Å²) in [4.78, 5) is 16.2. The van der Waals surface area contributed by atoms with Crippen LogP contribution < -0.4 is 14.4 Å². The molecule has 0 radical (unpaired) electrons. The lowest BCUT2D eigenvalue weighted by Crippen LogP contribution is -2.36. The Kier molecular flexibility index (Phi) is 6.44. The van der Waals surface area contributed by atoms with Crippen molar-refractivity contribution in [2.75, 3.05) is 52.0 Å². The summed E-state index contributed by atoms with van der Waals surface area (Å²) in [5.41, 5.74) is 2.71. The minimum absolute atomic E-state index is 0.0801. The monoisotopic (exact) mass is 487 g/mol. The number of aromatic amines is 1. The van der Waals surface area contributed by atoms with Crippen molar-refractivity contribution in [2.24, 2.45) is 4.99 Å². The van der Waals surface area contributed by atoms with Crippen LogP contribution in [-0.4, -0.2) is 68.0 Å². The third-order valence-electron chi connectivity index (χ3n) is 6.12. The van der Waals surface area contributed by atoms with E-state index in [0.29, 0.717) is 30.1 Å². The second kappa shape index (κ2) is 9.67. The Morgan fingerprint density at radius 1 is 1.09 bits per heavy atom. The summed E-state index contributed by atoms with van der Waals surface area (Å²) in [6.45, 7) is 6.05. The number of pyridine rings is 1. The molecule has 0 unspecified atom stereocenters. The predicted molar refractivity (Wildman–Crippen MR) is 127 cm³/mol. The van der Waals surface area contributed by atoms with Crippen LogP contribution in [0.4, 0.5) is 20.2 Å². The number of aliphatic imine (C=N–C) groups is 1. The SMILES string of the molecule is CCOC1=Nc2c(cnc3[nH]c(CN4CCOCC4)cc23)CN1c1c(F)c(OC)cc(OC)c1F. The lowest BCUT2D eigenvalue weighted by atomic mass is 10.1. The fourth-order valence-corrected chi connectivity index (χ4v) is 4.41. The quantitative estimate of drug-likeness (QED) is 0.567. The summed E-state index contributed by atoms with van der Waals surface area (Å²) < 4.78 is 52.0. The molecule has 0 amide bonds. The number of anilines is 1. The number of morpholine rings is 1. The summed E-state index contributed by atoms with van der Waals surface area (Å²) in [7, 11) is 2.62. The van der Waals surface area contributed by atoms with Crippen molar-refractivity contribution >= 4 is 28.4 Å². The van der Waals surface area contributed by atoms with E-state index in [-0.39, 0.29) is 36.4 Å². The van der Waals surface area contributed by atoms with Crippen LogP contribution in [0.15, 0.2) is 23.3 Å². The molecule has 186 valence electrons. The van der Waals surface area contributed by atoms with Gasteiger partial charge in [0, 0.05) is 48.5 Å². The largest absolute Gasteiger partial charge is 0.493 e. The fraction of sp³-hybridized carbons (Fsp3) is 0.417. The Balaban J connectivity index is 1.57.